The van der Waals surface area contributed by atoms with Gasteiger partial charge < -0.3 is 38.1 Å². The predicted octanol–water partition coefficient (Wildman–Crippen LogP) is 3.58. The van der Waals surface area contributed by atoms with Crippen LogP contribution in [0.1, 0.15) is 62.1 Å². The maximum absolute atomic E-state index is 14.3. The number of nitrogen functional groups attached to an aromatic ring is 1. The van der Waals surface area contributed by atoms with E-state index in [-0.39, 0.29) is 30.7 Å². The number of likely N-dealkylation sites (N-methyl/N-ethyl adjacent to an activating group) is 1. The fraction of sp³-hybridized carbons (Fsp3) is 0.405. The summed E-state index contributed by atoms with van der Waals surface area (Å²) in [6.45, 7) is 3.45. The van der Waals surface area contributed by atoms with Crippen LogP contribution in [-0.4, -0.2) is 65.9 Å². The average Bonchev–Trinajstić information content (AvgIpc) is 3.11. The third-order valence-electron chi connectivity index (χ3n) is 8.82. The Morgan fingerprint density at radius 3 is 2.37 bits per heavy atom. The molecule has 2 heterocycles. The predicted molar refractivity (Wildman–Crippen MR) is 196 cm³/mol. The van der Waals surface area contributed by atoms with Crippen LogP contribution in [0.3, 0.4) is 0 Å². The number of fused-ring (bicyclic) bond motifs is 2. The van der Waals surface area contributed by atoms with Crippen LogP contribution < -0.4 is 33.2 Å². The Kier molecular flexibility index (Phi) is 14.6. The topological polar surface area (TPSA) is 181 Å². The maximum atomic E-state index is 14.3. The van der Waals surface area contributed by atoms with Gasteiger partial charge in [0.1, 0.15) is 12.1 Å². The van der Waals surface area contributed by atoms with E-state index in [1.165, 1.54) is 4.90 Å². The summed E-state index contributed by atoms with van der Waals surface area (Å²) in [4.78, 5) is 50.2. The Balaban J connectivity index is 1.77. The molecule has 1 aliphatic rings. The molecule has 49 heavy (non-hydrogen) atoms. The second-order valence-electron chi connectivity index (χ2n) is 12.2. The summed E-state index contributed by atoms with van der Waals surface area (Å²) >= 11 is 1.56. The first kappa shape index (κ1) is 37.6. The molecule has 3 amide bonds. The normalized spacial score (nSPS) is 19.8. The van der Waals surface area contributed by atoms with E-state index in [1.54, 1.807) is 31.2 Å². The largest absolute Gasteiger partial charge is 0.398 e. The minimum atomic E-state index is -0.896. The van der Waals surface area contributed by atoms with E-state index in [1.807, 2.05) is 67.6 Å². The quantitative estimate of drug-likeness (QED) is 0.137. The van der Waals surface area contributed by atoms with Gasteiger partial charge in [-0.15, -0.1) is 0 Å². The fourth-order valence-corrected chi connectivity index (χ4v) is 6.94. The number of allylic oxidation sites excluding steroid dienone is 1. The molecule has 0 radical (unpaired) electrons. The van der Waals surface area contributed by atoms with Gasteiger partial charge in [-0.25, -0.2) is 0 Å². The van der Waals surface area contributed by atoms with Crippen LogP contribution in [0, 0.1) is 0 Å². The third-order valence-corrected chi connectivity index (χ3v) is 10.0. The zero-order valence-corrected chi connectivity index (χ0v) is 29.3. The fourth-order valence-electron chi connectivity index (χ4n) is 5.90. The molecule has 0 saturated carbocycles. The number of benzene rings is 2. The van der Waals surface area contributed by atoms with E-state index >= 15 is 0 Å². The minimum Gasteiger partial charge on any atom is -0.398 e. The molecule has 0 saturated heterocycles. The van der Waals surface area contributed by atoms with Crippen molar-refractivity contribution in [3.8, 4) is 0 Å². The summed E-state index contributed by atoms with van der Waals surface area (Å²) in [5.41, 5.74) is 22.1. The van der Waals surface area contributed by atoms with Crippen molar-refractivity contribution in [2.75, 3.05) is 25.9 Å². The van der Waals surface area contributed by atoms with E-state index in [0.29, 0.717) is 57.4 Å². The molecule has 1 aromatic heterocycles. The highest BCUT2D eigenvalue weighted by atomic mass is 32.2. The number of pyridine rings is 1. The smallest absolute Gasteiger partial charge is 0.245 e. The molecule has 1 aliphatic heterocycles. The number of hydrogen-bond acceptors (Lipinski definition) is 9. The van der Waals surface area contributed by atoms with Crippen molar-refractivity contribution in [3.05, 3.63) is 89.8 Å². The number of nitrogens with two attached hydrogens (primary N) is 3. The molecular weight excluding hydrogens is 637 g/mol. The van der Waals surface area contributed by atoms with Gasteiger partial charge in [-0.1, -0.05) is 54.2 Å². The van der Waals surface area contributed by atoms with Gasteiger partial charge in [-0.2, -0.15) is 0 Å². The molecule has 3 atom stereocenters. The van der Waals surface area contributed by atoms with Crippen molar-refractivity contribution in [1.29, 1.82) is 0 Å². The van der Waals surface area contributed by atoms with Gasteiger partial charge in [-0.05, 0) is 87.0 Å². The van der Waals surface area contributed by atoms with Crippen LogP contribution in [0.25, 0.3) is 5.57 Å². The second-order valence-corrected chi connectivity index (χ2v) is 13.3. The number of carbonyl (C=O) groups is 3. The molecule has 2 aromatic carbocycles. The Labute approximate surface area is 293 Å². The Hall–Kier alpha value is -4.23. The summed E-state index contributed by atoms with van der Waals surface area (Å²) < 4.78 is 0. The molecule has 4 rings (SSSR count). The van der Waals surface area contributed by atoms with Gasteiger partial charge in [0.15, 0.2) is 0 Å². The molecule has 0 unspecified atom stereocenters. The number of nitrogens with one attached hydrogen (secondary N) is 3. The lowest BCUT2D eigenvalue weighted by Gasteiger charge is -2.32. The van der Waals surface area contributed by atoms with Gasteiger partial charge >= 0.3 is 0 Å². The number of anilines is 1. The highest BCUT2D eigenvalue weighted by Crippen LogP contribution is 2.33. The van der Waals surface area contributed by atoms with Gasteiger partial charge in [-0.3, -0.25) is 19.4 Å². The van der Waals surface area contributed by atoms with Crippen LogP contribution in [0.2, 0.25) is 0 Å². The summed E-state index contributed by atoms with van der Waals surface area (Å²) in [6, 6.07) is 15.0. The molecule has 0 bridgehead atoms. The van der Waals surface area contributed by atoms with Gasteiger partial charge in [0.05, 0.1) is 6.04 Å². The lowest BCUT2D eigenvalue weighted by atomic mass is 9.95. The number of amides is 3. The molecule has 0 aliphatic carbocycles. The number of aromatic nitrogens is 1. The number of hydrogen-bond donors (Lipinski definition) is 6. The summed E-state index contributed by atoms with van der Waals surface area (Å²) in [7, 11) is 1.62. The van der Waals surface area contributed by atoms with Crippen molar-refractivity contribution in [2.45, 2.75) is 86.5 Å². The standard InChI is InChI=1S/C37H50N8O3S/c1-3-25(28-12-5-6-13-29(28)40)21-32-36(47)43-23-27-17-20-41-24-34(27)49-33-16-7-4-11-26(33)22-42-30(15-10-19-39)35(46)44-31(14-8-9-18-38)37(48)45(32)2/h3-7,11-13,16-17,20,24,30-32,42H,8-10,14-15,18-19,21-23,38-40H2,1-2H3,(H,43,47)(H,44,46)/b25-3-/t30-,31+,32+/m1/s1. The van der Waals surface area contributed by atoms with Crippen LogP contribution in [0.15, 0.2) is 82.9 Å². The number of para-hydroxylation sites is 1. The number of unbranched alkanes of at least 4 members (excludes halogenated alkanes) is 1. The van der Waals surface area contributed by atoms with E-state index in [0.717, 1.165) is 32.1 Å². The van der Waals surface area contributed by atoms with E-state index < -0.39 is 18.1 Å². The van der Waals surface area contributed by atoms with Crippen molar-refractivity contribution >= 4 is 40.7 Å². The van der Waals surface area contributed by atoms with Gasteiger partial charge in [0.25, 0.3) is 0 Å². The molecular formula is C37H50N8O3S. The van der Waals surface area contributed by atoms with Crippen molar-refractivity contribution in [2.24, 2.45) is 11.5 Å². The van der Waals surface area contributed by atoms with E-state index in [2.05, 4.69) is 20.9 Å². The molecule has 0 spiro atoms. The summed E-state index contributed by atoms with van der Waals surface area (Å²) in [5.74, 6) is -0.963. The van der Waals surface area contributed by atoms with Gasteiger partial charge in [0.2, 0.25) is 17.7 Å². The zero-order chi connectivity index (χ0) is 35.2. The zero-order valence-electron chi connectivity index (χ0n) is 28.5. The average molecular weight is 687 g/mol. The Bertz CT molecular complexity index is 1600. The monoisotopic (exact) mass is 686 g/mol. The van der Waals surface area contributed by atoms with Crippen LogP contribution >= 0.6 is 11.8 Å². The number of nitrogens with zero attached hydrogens (tertiary/aromatic N) is 2. The SMILES string of the molecule is C/C=C(/C[C@H]1C(=O)NCc2ccncc2Sc2ccccc2CN[C@H](CCCN)C(=O)N[C@@H](CCCCN)C(=O)N1C)c1ccccc1N. The second kappa shape index (κ2) is 19.1. The van der Waals surface area contributed by atoms with Crippen LogP contribution in [0.4, 0.5) is 5.69 Å². The lowest BCUT2D eigenvalue weighted by molar-refractivity contribution is -0.142. The first-order valence-electron chi connectivity index (χ1n) is 16.9. The van der Waals surface area contributed by atoms with Crippen LogP contribution in [-0.2, 0) is 27.5 Å². The van der Waals surface area contributed by atoms with E-state index in [9.17, 15) is 14.4 Å². The Morgan fingerprint density at radius 2 is 1.61 bits per heavy atom. The van der Waals surface area contributed by atoms with Crippen LogP contribution in [0.5, 0.6) is 0 Å². The van der Waals surface area contributed by atoms with Crippen molar-refractivity contribution < 1.29 is 14.4 Å². The van der Waals surface area contributed by atoms with Crippen molar-refractivity contribution in [1.82, 2.24) is 25.8 Å². The molecule has 3 aromatic rings. The van der Waals surface area contributed by atoms with Crippen molar-refractivity contribution in [3.63, 3.8) is 0 Å². The first-order valence-corrected chi connectivity index (χ1v) is 17.8. The summed E-state index contributed by atoms with van der Waals surface area (Å²) in [5, 5.41) is 9.57. The van der Waals surface area contributed by atoms with Gasteiger partial charge in [0, 0.05) is 60.0 Å². The highest BCUT2D eigenvalue weighted by Gasteiger charge is 2.34. The molecule has 262 valence electrons. The molecule has 0 fully saturated rings. The summed E-state index contributed by atoms with van der Waals surface area (Å²) in [6.07, 6.45) is 8.47. The number of rotatable bonds is 10. The lowest BCUT2D eigenvalue weighted by Crippen LogP contribution is -2.56. The minimum absolute atomic E-state index is 0.217. The number of carbonyl (C=O) groups excluding carboxylic acids is 3. The third kappa shape index (κ3) is 10.4. The van der Waals surface area contributed by atoms with E-state index in [4.69, 9.17) is 17.2 Å². The maximum Gasteiger partial charge on any atom is 0.245 e. The highest BCUT2D eigenvalue weighted by molar-refractivity contribution is 7.99. The molecule has 12 heteroatoms. The first-order chi connectivity index (χ1) is 23.8. The molecule has 9 N–H and O–H groups in total. The Morgan fingerprint density at radius 1 is 0.898 bits per heavy atom. The molecule has 11 nitrogen and oxygen atoms in total.